The van der Waals surface area contributed by atoms with E-state index in [4.69, 9.17) is 0 Å². The van der Waals surface area contributed by atoms with Crippen LogP contribution in [-0.4, -0.2) is 18.1 Å². The van der Waals surface area contributed by atoms with E-state index in [1.807, 2.05) is 13.0 Å². The Morgan fingerprint density at radius 2 is 2.24 bits per heavy atom. The van der Waals surface area contributed by atoms with Crippen LogP contribution in [0.15, 0.2) is 12.3 Å². The lowest BCUT2D eigenvalue weighted by Gasteiger charge is -2.00. The third kappa shape index (κ3) is 4.47. The van der Waals surface area contributed by atoms with Gasteiger partial charge in [-0.15, -0.1) is 11.3 Å². The molecular weight excluding hydrogens is 249 g/mol. The van der Waals surface area contributed by atoms with E-state index in [1.165, 1.54) is 6.20 Å². The van der Waals surface area contributed by atoms with Crippen LogP contribution in [0.2, 0.25) is 0 Å². The van der Waals surface area contributed by atoms with E-state index in [1.54, 1.807) is 6.92 Å². The van der Waals surface area contributed by atoms with Crippen LogP contribution in [0.1, 0.15) is 30.2 Å². The number of nitrogens with zero attached hydrogens (tertiary/aromatic N) is 1. The fraction of sp³-hybridized carbons (Fsp3) is 0.545. The molecular formula is C11H15F3N2S. The maximum Gasteiger partial charge on any atom is 0.443 e. The van der Waals surface area contributed by atoms with Crippen LogP contribution in [0.25, 0.3) is 5.57 Å². The van der Waals surface area contributed by atoms with E-state index in [2.05, 4.69) is 10.3 Å². The molecule has 0 spiro atoms. The smallest absolute Gasteiger partial charge is 0.317 e. The Morgan fingerprint density at radius 1 is 1.53 bits per heavy atom. The summed E-state index contributed by atoms with van der Waals surface area (Å²) >= 11 is 0.687. The van der Waals surface area contributed by atoms with Crippen LogP contribution < -0.4 is 5.32 Å². The number of hydrogen-bond acceptors (Lipinski definition) is 3. The van der Waals surface area contributed by atoms with Gasteiger partial charge >= 0.3 is 6.18 Å². The van der Waals surface area contributed by atoms with Gasteiger partial charge in [0.1, 0.15) is 0 Å². The molecule has 0 radical (unpaired) electrons. The molecule has 0 bridgehead atoms. The third-order valence-electron chi connectivity index (χ3n) is 2.16. The van der Waals surface area contributed by atoms with Crippen molar-refractivity contribution in [1.29, 1.82) is 0 Å². The van der Waals surface area contributed by atoms with Gasteiger partial charge in [0.25, 0.3) is 0 Å². The summed E-state index contributed by atoms with van der Waals surface area (Å²) in [5, 5.41) is 2.36. The summed E-state index contributed by atoms with van der Waals surface area (Å²) < 4.78 is 37.0. The van der Waals surface area contributed by atoms with Crippen molar-refractivity contribution in [2.24, 2.45) is 0 Å². The van der Waals surface area contributed by atoms with Crippen molar-refractivity contribution in [2.45, 2.75) is 26.4 Å². The number of alkyl halides is 3. The van der Waals surface area contributed by atoms with Crippen LogP contribution >= 0.6 is 11.3 Å². The lowest BCUT2D eigenvalue weighted by molar-refractivity contribution is -0.137. The highest BCUT2D eigenvalue weighted by atomic mass is 32.1. The predicted molar refractivity (Wildman–Crippen MR) is 63.9 cm³/mol. The van der Waals surface area contributed by atoms with E-state index in [0.717, 1.165) is 25.1 Å². The zero-order valence-electron chi connectivity index (χ0n) is 9.77. The summed E-state index contributed by atoms with van der Waals surface area (Å²) in [7, 11) is 0. The molecule has 0 aliphatic carbocycles. The minimum atomic E-state index is -4.34. The van der Waals surface area contributed by atoms with Crippen molar-refractivity contribution in [2.75, 3.05) is 13.1 Å². The van der Waals surface area contributed by atoms with E-state index < -0.39 is 11.2 Å². The number of hydrogen-bond donors (Lipinski definition) is 1. The highest BCUT2D eigenvalue weighted by molar-refractivity contribution is 7.12. The van der Waals surface area contributed by atoms with Gasteiger partial charge < -0.3 is 5.32 Å². The molecule has 0 unspecified atom stereocenters. The van der Waals surface area contributed by atoms with Crippen LogP contribution in [0, 0.1) is 0 Å². The Kier molecular flexibility index (Phi) is 5.14. The molecule has 0 aliphatic heterocycles. The first-order chi connectivity index (χ1) is 7.95. The van der Waals surface area contributed by atoms with Gasteiger partial charge in [-0.1, -0.05) is 13.0 Å². The van der Waals surface area contributed by atoms with Crippen molar-refractivity contribution < 1.29 is 13.2 Å². The van der Waals surface area contributed by atoms with Crippen LogP contribution in [0.4, 0.5) is 13.2 Å². The monoisotopic (exact) mass is 264 g/mol. The van der Waals surface area contributed by atoms with Gasteiger partial charge in [-0.05, 0) is 32.0 Å². The summed E-state index contributed by atoms with van der Waals surface area (Å²) in [6.07, 6.45) is -0.325. The molecule has 17 heavy (non-hydrogen) atoms. The standard InChI is InChI=1S/C11H15F3N2S/c1-3-15-6-4-5-8(2)9-7-16-10(17-9)11(12,13)14/h5,7,15H,3-4,6H2,1-2H3/b8-5-. The van der Waals surface area contributed by atoms with Crippen LogP contribution in [-0.2, 0) is 6.18 Å². The van der Waals surface area contributed by atoms with Gasteiger partial charge in [0.15, 0.2) is 5.01 Å². The fourth-order valence-electron chi connectivity index (χ4n) is 1.26. The molecule has 1 heterocycles. The first-order valence-corrected chi connectivity index (χ1v) is 6.17. The van der Waals surface area contributed by atoms with Crippen molar-refractivity contribution in [3.05, 3.63) is 22.2 Å². The molecule has 0 saturated heterocycles. The number of aromatic nitrogens is 1. The number of allylic oxidation sites excluding steroid dienone is 1. The van der Waals surface area contributed by atoms with Gasteiger partial charge in [-0.25, -0.2) is 4.98 Å². The molecule has 2 nitrogen and oxygen atoms in total. The minimum Gasteiger partial charge on any atom is -0.317 e. The maximum atomic E-state index is 12.3. The minimum absolute atomic E-state index is 0.578. The number of thiazole rings is 1. The van der Waals surface area contributed by atoms with Crippen molar-refractivity contribution in [1.82, 2.24) is 10.3 Å². The quantitative estimate of drug-likeness (QED) is 0.822. The molecule has 6 heteroatoms. The van der Waals surface area contributed by atoms with E-state index in [9.17, 15) is 13.2 Å². The Balaban J connectivity index is 2.63. The first-order valence-electron chi connectivity index (χ1n) is 5.36. The second-order valence-corrected chi connectivity index (χ2v) is 4.59. The fourth-order valence-corrected chi connectivity index (χ4v) is 2.03. The molecule has 1 aromatic rings. The Hall–Kier alpha value is -0.880. The van der Waals surface area contributed by atoms with Gasteiger partial charge in [0.05, 0.1) is 4.88 Å². The van der Waals surface area contributed by atoms with Gasteiger partial charge in [0.2, 0.25) is 0 Å². The average Bonchev–Trinajstić information content (AvgIpc) is 2.72. The lowest BCUT2D eigenvalue weighted by Crippen LogP contribution is -2.12. The predicted octanol–water partition coefficient (Wildman–Crippen LogP) is 3.56. The number of nitrogens with one attached hydrogen (secondary N) is 1. The second kappa shape index (κ2) is 6.16. The highest BCUT2D eigenvalue weighted by Crippen LogP contribution is 2.34. The summed E-state index contributed by atoms with van der Waals surface area (Å²) in [6.45, 7) is 5.54. The summed E-state index contributed by atoms with van der Waals surface area (Å²) in [6, 6.07) is 0. The summed E-state index contributed by atoms with van der Waals surface area (Å²) in [5.74, 6) is 0. The van der Waals surface area contributed by atoms with Crippen molar-refractivity contribution in [3.8, 4) is 0 Å². The van der Waals surface area contributed by atoms with Crippen LogP contribution in [0.5, 0.6) is 0 Å². The normalized spacial score (nSPS) is 13.1. The zero-order chi connectivity index (χ0) is 12.9. The molecule has 1 aromatic heterocycles. The molecule has 0 saturated carbocycles. The molecule has 0 aliphatic rings. The summed E-state index contributed by atoms with van der Waals surface area (Å²) in [4.78, 5) is 3.97. The average molecular weight is 264 g/mol. The maximum absolute atomic E-state index is 12.3. The third-order valence-corrected chi connectivity index (χ3v) is 3.34. The zero-order valence-corrected chi connectivity index (χ0v) is 10.6. The molecule has 0 atom stereocenters. The Labute approximate surface area is 103 Å². The van der Waals surface area contributed by atoms with Crippen LogP contribution in [0.3, 0.4) is 0 Å². The van der Waals surface area contributed by atoms with Gasteiger partial charge in [0, 0.05) is 6.20 Å². The van der Waals surface area contributed by atoms with Gasteiger partial charge in [-0.2, -0.15) is 13.2 Å². The van der Waals surface area contributed by atoms with E-state index >= 15 is 0 Å². The topological polar surface area (TPSA) is 24.9 Å². The van der Waals surface area contributed by atoms with E-state index in [-0.39, 0.29) is 0 Å². The van der Waals surface area contributed by atoms with E-state index in [0.29, 0.717) is 16.2 Å². The molecule has 0 fully saturated rings. The summed E-state index contributed by atoms with van der Waals surface area (Å²) in [5.41, 5.74) is 0.843. The molecule has 1 N–H and O–H groups in total. The lowest BCUT2D eigenvalue weighted by atomic mass is 10.2. The largest absolute Gasteiger partial charge is 0.443 e. The Bertz CT molecular complexity index is 382. The van der Waals surface area contributed by atoms with Crippen molar-refractivity contribution in [3.63, 3.8) is 0 Å². The Morgan fingerprint density at radius 3 is 2.76 bits per heavy atom. The molecule has 96 valence electrons. The number of halogens is 3. The molecule has 1 rings (SSSR count). The van der Waals surface area contributed by atoms with Gasteiger partial charge in [-0.3, -0.25) is 0 Å². The molecule has 0 aromatic carbocycles. The highest BCUT2D eigenvalue weighted by Gasteiger charge is 2.34. The SMILES string of the molecule is CCNCC/C=C(/C)c1cnc(C(F)(F)F)s1. The number of rotatable bonds is 5. The second-order valence-electron chi connectivity index (χ2n) is 3.56. The first kappa shape index (κ1) is 14.2. The van der Waals surface area contributed by atoms with Crippen molar-refractivity contribution >= 4 is 16.9 Å². The molecule has 0 amide bonds.